The Balaban J connectivity index is 1.17. The summed E-state index contributed by atoms with van der Waals surface area (Å²) < 4.78 is 27.6. The normalized spacial score (nSPS) is 24.8. The minimum atomic E-state index is -0.840. The van der Waals surface area contributed by atoms with Crippen LogP contribution in [-0.2, 0) is 6.42 Å². The summed E-state index contributed by atoms with van der Waals surface area (Å²) in [5.74, 6) is -0.566. The number of benzene rings is 2. The van der Waals surface area contributed by atoms with Gasteiger partial charge >= 0.3 is 0 Å². The van der Waals surface area contributed by atoms with Gasteiger partial charge in [-0.25, -0.2) is 13.8 Å². The molecule has 31 heavy (non-hydrogen) atoms. The molecule has 0 saturated heterocycles. The number of aliphatic hydroxyl groups is 1. The molecule has 0 aliphatic heterocycles. The summed E-state index contributed by atoms with van der Waals surface area (Å²) in [6, 6.07) is 10.7. The standard InChI is InChI=1S/C25H29F2N3O/c1-30(11-4-7-24-28-22-5-2-3-6-23(22)29-24)12-10-25(31)15-16-8-9-19(25)18-14-21(27)20(26)13-17(16)18/h2-3,5-6,13-14,16,19,31H,4,7-12,15H2,1H3,(H,28,29). The lowest BCUT2D eigenvalue weighted by atomic mass is 9.58. The number of halogens is 2. The number of nitrogens with one attached hydrogen (secondary N) is 1. The van der Waals surface area contributed by atoms with E-state index in [9.17, 15) is 13.9 Å². The summed E-state index contributed by atoms with van der Waals surface area (Å²) >= 11 is 0. The molecule has 0 amide bonds. The Morgan fingerprint density at radius 1 is 1.13 bits per heavy atom. The third-order valence-electron chi connectivity index (χ3n) is 7.31. The van der Waals surface area contributed by atoms with Gasteiger partial charge in [-0.15, -0.1) is 0 Å². The smallest absolute Gasteiger partial charge is 0.159 e. The second-order valence-electron chi connectivity index (χ2n) is 9.39. The van der Waals surface area contributed by atoms with E-state index < -0.39 is 17.2 Å². The van der Waals surface area contributed by atoms with Crippen molar-refractivity contribution in [1.29, 1.82) is 0 Å². The predicted octanol–water partition coefficient (Wildman–Crippen LogP) is 4.89. The Morgan fingerprint density at radius 3 is 2.71 bits per heavy atom. The SMILES string of the molecule is CN(CCCc1nc2ccccc2[nH]1)CCC1(O)CC2CCC1c1cc(F)c(F)cc12. The highest BCUT2D eigenvalue weighted by atomic mass is 19.2. The van der Waals surface area contributed by atoms with Crippen molar-refractivity contribution in [2.75, 3.05) is 20.1 Å². The Bertz CT molecular complexity index is 1060. The molecule has 1 saturated carbocycles. The van der Waals surface area contributed by atoms with Crippen LogP contribution in [0.15, 0.2) is 36.4 Å². The molecule has 6 rings (SSSR count). The van der Waals surface area contributed by atoms with Gasteiger partial charge in [-0.2, -0.15) is 0 Å². The van der Waals surface area contributed by atoms with Gasteiger partial charge in [0.2, 0.25) is 0 Å². The van der Waals surface area contributed by atoms with Gasteiger partial charge in [0.25, 0.3) is 0 Å². The van der Waals surface area contributed by atoms with Crippen molar-refractivity contribution in [3.05, 3.63) is 65.0 Å². The van der Waals surface area contributed by atoms with E-state index >= 15 is 0 Å². The number of rotatable bonds is 7. The number of imidazole rings is 1. The summed E-state index contributed by atoms with van der Waals surface area (Å²) in [6.07, 6.45) is 4.93. The molecule has 6 heteroatoms. The van der Waals surface area contributed by atoms with Crippen LogP contribution in [0.3, 0.4) is 0 Å². The lowest BCUT2D eigenvalue weighted by Gasteiger charge is -2.50. The third-order valence-corrected chi connectivity index (χ3v) is 7.31. The molecule has 2 aromatic carbocycles. The molecule has 1 fully saturated rings. The highest BCUT2D eigenvalue weighted by Crippen LogP contribution is 2.55. The fourth-order valence-corrected chi connectivity index (χ4v) is 5.66. The summed E-state index contributed by atoms with van der Waals surface area (Å²) in [7, 11) is 2.08. The maximum atomic E-state index is 13.9. The Labute approximate surface area is 181 Å². The number of H-pyrrole nitrogens is 1. The van der Waals surface area contributed by atoms with Crippen LogP contribution in [-0.4, -0.2) is 45.7 Å². The molecule has 2 bridgehead atoms. The van der Waals surface area contributed by atoms with Crippen LogP contribution >= 0.6 is 0 Å². The Hall–Kier alpha value is -2.31. The van der Waals surface area contributed by atoms with Crippen LogP contribution in [0.5, 0.6) is 0 Å². The highest BCUT2D eigenvalue weighted by molar-refractivity contribution is 5.74. The van der Waals surface area contributed by atoms with E-state index in [-0.39, 0.29) is 11.8 Å². The summed E-state index contributed by atoms with van der Waals surface area (Å²) in [4.78, 5) is 10.2. The molecular weight excluding hydrogens is 396 g/mol. The molecule has 0 radical (unpaired) electrons. The molecule has 3 aliphatic rings. The van der Waals surface area contributed by atoms with E-state index in [1.807, 2.05) is 24.3 Å². The molecule has 4 nitrogen and oxygen atoms in total. The minimum Gasteiger partial charge on any atom is -0.389 e. The van der Waals surface area contributed by atoms with Gasteiger partial charge in [0, 0.05) is 18.9 Å². The van der Waals surface area contributed by atoms with E-state index in [1.165, 1.54) is 12.1 Å². The fourth-order valence-electron chi connectivity index (χ4n) is 5.66. The van der Waals surface area contributed by atoms with E-state index in [0.29, 0.717) is 12.8 Å². The van der Waals surface area contributed by atoms with Crippen molar-refractivity contribution >= 4 is 11.0 Å². The van der Waals surface area contributed by atoms with Crippen molar-refractivity contribution < 1.29 is 13.9 Å². The molecule has 1 heterocycles. The third kappa shape index (κ3) is 3.87. The monoisotopic (exact) mass is 425 g/mol. The number of aromatic nitrogens is 2. The molecule has 1 aromatic heterocycles. The quantitative estimate of drug-likeness (QED) is 0.567. The van der Waals surface area contributed by atoms with Crippen LogP contribution in [0.1, 0.15) is 60.9 Å². The van der Waals surface area contributed by atoms with E-state index in [2.05, 4.69) is 21.9 Å². The number of fused-ring (bicyclic) bond motifs is 3. The van der Waals surface area contributed by atoms with Gasteiger partial charge in [-0.1, -0.05) is 12.1 Å². The van der Waals surface area contributed by atoms with Crippen LogP contribution in [0, 0.1) is 11.6 Å². The van der Waals surface area contributed by atoms with Crippen molar-refractivity contribution in [3.63, 3.8) is 0 Å². The van der Waals surface area contributed by atoms with Crippen LogP contribution in [0.2, 0.25) is 0 Å². The lowest BCUT2D eigenvalue weighted by Crippen LogP contribution is -2.47. The average Bonchev–Trinajstić information content (AvgIpc) is 3.16. The summed E-state index contributed by atoms with van der Waals surface area (Å²) in [6.45, 7) is 1.69. The highest BCUT2D eigenvalue weighted by Gasteiger charge is 2.49. The van der Waals surface area contributed by atoms with E-state index in [0.717, 1.165) is 66.8 Å². The molecule has 3 aromatic rings. The Kier molecular flexibility index (Phi) is 5.30. The summed E-state index contributed by atoms with van der Waals surface area (Å²) in [5.41, 5.74) is 2.94. The van der Waals surface area contributed by atoms with Gasteiger partial charge in [0.05, 0.1) is 16.6 Å². The topological polar surface area (TPSA) is 52.2 Å². The largest absolute Gasteiger partial charge is 0.389 e. The fraction of sp³-hybridized carbons (Fsp3) is 0.480. The van der Waals surface area contributed by atoms with E-state index in [1.54, 1.807) is 0 Å². The molecule has 2 N–H and O–H groups in total. The maximum absolute atomic E-state index is 13.9. The molecule has 3 aliphatic carbocycles. The van der Waals surface area contributed by atoms with Crippen molar-refractivity contribution in [2.24, 2.45) is 0 Å². The second kappa shape index (κ2) is 7.99. The van der Waals surface area contributed by atoms with Crippen LogP contribution < -0.4 is 0 Å². The minimum absolute atomic E-state index is 0.105. The molecule has 0 spiro atoms. The molecular formula is C25H29F2N3O. The lowest BCUT2D eigenvalue weighted by molar-refractivity contribution is -0.0454. The van der Waals surface area contributed by atoms with Crippen LogP contribution in [0.25, 0.3) is 11.0 Å². The number of hydrogen-bond donors (Lipinski definition) is 2. The Morgan fingerprint density at radius 2 is 1.90 bits per heavy atom. The predicted molar refractivity (Wildman–Crippen MR) is 117 cm³/mol. The molecule has 164 valence electrons. The first kappa shape index (κ1) is 20.6. The number of hydrogen-bond acceptors (Lipinski definition) is 3. The first-order valence-electron chi connectivity index (χ1n) is 11.3. The zero-order chi connectivity index (χ0) is 21.6. The van der Waals surface area contributed by atoms with Crippen molar-refractivity contribution in [3.8, 4) is 0 Å². The number of para-hydroxylation sites is 2. The zero-order valence-corrected chi connectivity index (χ0v) is 17.9. The average molecular weight is 426 g/mol. The van der Waals surface area contributed by atoms with Crippen molar-refractivity contribution in [2.45, 2.75) is 56.0 Å². The number of aromatic amines is 1. The molecule has 3 unspecified atom stereocenters. The van der Waals surface area contributed by atoms with Crippen molar-refractivity contribution in [1.82, 2.24) is 14.9 Å². The maximum Gasteiger partial charge on any atom is 0.159 e. The number of aryl methyl sites for hydroxylation is 1. The van der Waals surface area contributed by atoms with Crippen LogP contribution in [0.4, 0.5) is 8.78 Å². The molecule has 3 atom stereocenters. The van der Waals surface area contributed by atoms with Gasteiger partial charge in [0.1, 0.15) is 5.82 Å². The van der Waals surface area contributed by atoms with Gasteiger partial charge in [-0.05, 0) is 87.0 Å². The van der Waals surface area contributed by atoms with Gasteiger partial charge < -0.3 is 15.0 Å². The first-order chi connectivity index (χ1) is 14.9. The first-order valence-corrected chi connectivity index (χ1v) is 11.3. The zero-order valence-electron chi connectivity index (χ0n) is 17.9. The second-order valence-corrected chi connectivity index (χ2v) is 9.39. The van der Waals surface area contributed by atoms with Gasteiger partial charge in [0.15, 0.2) is 11.6 Å². The van der Waals surface area contributed by atoms with E-state index in [4.69, 9.17) is 0 Å². The van der Waals surface area contributed by atoms with Gasteiger partial charge in [-0.3, -0.25) is 0 Å². The summed E-state index contributed by atoms with van der Waals surface area (Å²) in [5, 5.41) is 11.4. The number of nitrogens with zero attached hydrogens (tertiary/aromatic N) is 2.